The molecule has 0 aliphatic carbocycles. The maximum absolute atomic E-state index is 6.37. The molecule has 0 radical (unpaired) electrons. The Morgan fingerprint density at radius 1 is 0.561 bits per heavy atom. The predicted octanol–water partition coefficient (Wildman–Crippen LogP) is 9.15. The molecule has 0 saturated heterocycles. The van der Waals surface area contributed by atoms with E-state index in [0.717, 1.165) is 16.6 Å². The van der Waals surface area contributed by atoms with Crippen LogP contribution in [0.5, 0.6) is 0 Å². The molecule has 6 aromatic carbocycles. The fourth-order valence-corrected chi connectivity index (χ4v) is 10.8. The van der Waals surface area contributed by atoms with Crippen molar-refractivity contribution in [2.75, 3.05) is 0 Å². The SMILES string of the molecule is C[Si]1(C)c2ccccc2-c2c(-c3ccc4c(c3)oc3ccccc34)cc3c4ccccc4n(-c4ccccc4)c3c21. The molecule has 0 N–H and O–H groups in total. The summed E-state index contributed by atoms with van der Waals surface area (Å²) >= 11 is 0. The molecule has 1 aliphatic heterocycles. The number of rotatable bonds is 2. The lowest BCUT2D eigenvalue weighted by molar-refractivity contribution is 0.669. The largest absolute Gasteiger partial charge is 0.456 e. The third-order valence-electron chi connectivity index (χ3n) is 9.16. The summed E-state index contributed by atoms with van der Waals surface area (Å²) in [5.41, 5.74) is 10.9. The summed E-state index contributed by atoms with van der Waals surface area (Å²) in [4.78, 5) is 0. The van der Waals surface area contributed by atoms with Gasteiger partial charge in [0.15, 0.2) is 0 Å². The van der Waals surface area contributed by atoms with Gasteiger partial charge in [0, 0.05) is 27.2 Å². The second-order valence-electron chi connectivity index (χ2n) is 11.7. The molecule has 0 unspecified atom stereocenters. The quantitative estimate of drug-likeness (QED) is 0.200. The molecule has 3 heterocycles. The molecule has 8 aromatic rings. The maximum Gasteiger partial charge on any atom is 0.136 e. The van der Waals surface area contributed by atoms with E-state index >= 15 is 0 Å². The minimum absolute atomic E-state index is 0.935. The maximum atomic E-state index is 6.37. The van der Waals surface area contributed by atoms with Crippen molar-refractivity contribution in [2.45, 2.75) is 13.1 Å². The van der Waals surface area contributed by atoms with Crippen molar-refractivity contribution >= 4 is 62.2 Å². The molecular weight excluding hydrogens is 515 g/mol. The number of benzene rings is 6. The lowest BCUT2D eigenvalue weighted by Crippen LogP contribution is -2.50. The first kappa shape index (κ1) is 22.9. The van der Waals surface area contributed by atoms with E-state index in [-0.39, 0.29) is 0 Å². The van der Waals surface area contributed by atoms with Gasteiger partial charge in [0.05, 0.1) is 11.0 Å². The van der Waals surface area contributed by atoms with Crippen molar-refractivity contribution < 1.29 is 4.42 Å². The first-order chi connectivity index (χ1) is 20.1. The number of hydrogen-bond donors (Lipinski definition) is 0. The number of fused-ring (bicyclic) bond motifs is 10. The zero-order valence-corrected chi connectivity index (χ0v) is 24.0. The van der Waals surface area contributed by atoms with Gasteiger partial charge < -0.3 is 8.98 Å². The van der Waals surface area contributed by atoms with E-state index in [2.05, 4.69) is 139 Å². The standard InChI is InChI=1S/C38H27NOSi/c1-41(2)35-19-11-8-16-29(35)36-30(24-20-21-28-27-15-7-10-18-33(27)40-34(28)22-24)23-31-26-14-6-9-17-32(26)39(37(31)38(36)41)25-12-4-3-5-13-25/h3-23H,1-2H3. The highest BCUT2D eigenvalue weighted by molar-refractivity contribution is 7.05. The van der Waals surface area contributed by atoms with Crippen LogP contribution in [0.2, 0.25) is 13.1 Å². The van der Waals surface area contributed by atoms with Gasteiger partial charge in [-0.25, -0.2) is 0 Å². The van der Waals surface area contributed by atoms with Gasteiger partial charge in [-0.3, -0.25) is 0 Å². The molecule has 0 atom stereocenters. The summed E-state index contributed by atoms with van der Waals surface area (Å²) < 4.78 is 8.88. The molecule has 2 nitrogen and oxygen atoms in total. The van der Waals surface area contributed by atoms with Crippen LogP contribution in [-0.2, 0) is 0 Å². The Morgan fingerprint density at radius 2 is 1.27 bits per heavy atom. The monoisotopic (exact) mass is 541 g/mol. The van der Waals surface area contributed by atoms with Crippen LogP contribution in [0.4, 0.5) is 0 Å². The van der Waals surface area contributed by atoms with Crippen LogP contribution < -0.4 is 10.4 Å². The van der Waals surface area contributed by atoms with Gasteiger partial charge in [-0.1, -0.05) is 98.0 Å². The van der Waals surface area contributed by atoms with Crippen molar-refractivity contribution in [3.05, 3.63) is 127 Å². The van der Waals surface area contributed by atoms with Crippen LogP contribution in [0.3, 0.4) is 0 Å². The van der Waals surface area contributed by atoms with Crippen LogP contribution in [0.25, 0.3) is 71.7 Å². The van der Waals surface area contributed by atoms with E-state index in [1.54, 1.807) is 0 Å². The Bertz CT molecular complexity index is 2340. The van der Waals surface area contributed by atoms with Crippen LogP contribution in [0.1, 0.15) is 0 Å². The second-order valence-corrected chi connectivity index (χ2v) is 16.0. The molecule has 0 saturated carbocycles. The third kappa shape index (κ3) is 3.01. The molecule has 9 rings (SSSR count). The number of furan rings is 1. The average Bonchev–Trinajstić information content (AvgIpc) is 3.63. The molecule has 0 fully saturated rings. The molecule has 2 aromatic heterocycles. The van der Waals surface area contributed by atoms with Gasteiger partial charge in [0.25, 0.3) is 0 Å². The molecule has 3 heteroatoms. The van der Waals surface area contributed by atoms with E-state index < -0.39 is 8.07 Å². The van der Waals surface area contributed by atoms with E-state index in [1.165, 1.54) is 65.5 Å². The highest BCUT2D eigenvalue weighted by Crippen LogP contribution is 2.44. The topological polar surface area (TPSA) is 18.1 Å². The molecular formula is C38H27NOSi. The summed E-state index contributed by atoms with van der Waals surface area (Å²) in [6.45, 7) is 5.05. The third-order valence-corrected chi connectivity index (χ3v) is 12.7. The van der Waals surface area contributed by atoms with Crippen LogP contribution in [-0.4, -0.2) is 12.6 Å². The Labute approximate surface area is 239 Å². The summed E-state index contributed by atoms with van der Waals surface area (Å²) in [7, 11) is -2.06. The lowest BCUT2D eigenvalue weighted by atomic mass is 9.92. The number of hydrogen-bond acceptors (Lipinski definition) is 1. The fraction of sp³-hybridized carbons (Fsp3) is 0.0526. The van der Waals surface area contributed by atoms with Gasteiger partial charge in [-0.2, -0.15) is 0 Å². The summed E-state index contributed by atoms with van der Waals surface area (Å²) in [6.07, 6.45) is 0. The predicted molar refractivity (Wildman–Crippen MR) is 176 cm³/mol. The summed E-state index contributed by atoms with van der Waals surface area (Å²) in [5.74, 6) is 0. The van der Waals surface area contributed by atoms with E-state index in [9.17, 15) is 0 Å². The first-order valence-electron chi connectivity index (χ1n) is 14.3. The zero-order valence-electron chi connectivity index (χ0n) is 23.0. The van der Waals surface area contributed by atoms with E-state index in [1.807, 2.05) is 6.07 Å². The van der Waals surface area contributed by atoms with Gasteiger partial charge in [-0.05, 0) is 75.1 Å². The lowest BCUT2D eigenvalue weighted by Gasteiger charge is -2.22. The zero-order chi connectivity index (χ0) is 27.3. The Balaban J connectivity index is 1.47. The van der Waals surface area contributed by atoms with Crippen molar-refractivity contribution in [3.63, 3.8) is 0 Å². The van der Waals surface area contributed by atoms with Crippen molar-refractivity contribution in [2.24, 2.45) is 0 Å². The van der Waals surface area contributed by atoms with Gasteiger partial charge in [0.1, 0.15) is 19.2 Å². The molecule has 1 aliphatic rings. The van der Waals surface area contributed by atoms with Crippen LogP contribution >= 0.6 is 0 Å². The summed E-state index contributed by atoms with van der Waals surface area (Å²) in [6, 6.07) is 46.4. The van der Waals surface area contributed by atoms with E-state index in [0.29, 0.717) is 0 Å². The second kappa shape index (κ2) is 8.09. The van der Waals surface area contributed by atoms with Gasteiger partial charge in [-0.15, -0.1) is 0 Å². The minimum atomic E-state index is -2.06. The number of aromatic nitrogens is 1. The molecule has 194 valence electrons. The minimum Gasteiger partial charge on any atom is -0.456 e. The Hall–Kier alpha value is -4.86. The average molecular weight is 542 g/mol. The van der Waals surface area contributed by atoms with Crippen molar-refractivity contribution in [1.29, 1.82) is 0 Å². The Kier molecular flexibility index (Phi) is 4.52. The van der Waals surface area contributed by atoms with Crippen LogP contribution in [0, 0.1) is 0 Å². The highest BCUT2D eigenvalue weighted by atomic mass is 28.3. The molecule has 41 heavy (non-hydrogen) atoms. The molecule has 0 spiro atoms. The normalized spacial score (nSPS) is 13.8. The number of nitrogens with zero attached hydrogens (tertiary/aromatic N) is 1. The van der Waals surface area contributed by atoms with Crippen LogP contribution in [0.15, 0.2) is 132 Å². The smallest absolute Gasteiger partial charge is 0.136 e. The van der Waals surface area contributed by atoms with E-state index in [4.69, 9.17) is 4.42 Å². The molecule has 0 amide bonds. The van der Waals surface area contributed by atoms with Gasteiger partial charge in [0.2, 0.25) is 0 Å². The summed E-state index contributed by atoms with van der Waals surface area (Å²) in [5, 5.41) is 7.98. The Morgan fingerprint density at radius 3 is 2.15 bits per heavy atom. The highest BCUT2D eigenvalue weighted by Gasteiger charge is 2.41. The first-order valence-corrected chi connectivity index (χ1v) is 17.3. The molecule has 0 bridgehead atoms. The van der Waals surface area contributed by atoms with Crippen molar-refractivity contribution in [3.8, 4) is 27.9 Å². The van der Waals surface area contributed by atoms with Gasteiger partial charge >= 0.3 is 0 Å². The van der Waals surface area contributed by atoms with Crippen molar-refractivity contribution in [1.82, 2.24) is 4.57 Å². The number of para-hydroxylation sites is 3. The fourth-order valence-electron chi connectivity index (χ4n) is 7.36.